The highest BCUT2D eigenvalue weighted by atomic mass is 32.2. The van der Waals surface area contributed by atoms with Gasteiger partial charge < -0.3 is 4.74 Å². The van der Waals surface area contributed by atoms with Gasteiger partial charge in [-0.3, -0.25) is 0 Å². The molecule has 1 unspecified atom stereocenters. The van der Waals surface area contributed by atoms with Gasteiger partial charge in [0.1, 0.15) is 0 Å². The third-order valence-electron chi connectivity index (χ3n) is 2.08. The zero-order valence-corrected chi connectivity index (χ0v) is 10.3. The molecule has 0 aliphatic rings. The van der Waals surface area contributed by atoms with Crippen LogP contribution in [0.25, 0.3) is 0 Å². The van der Waals surface area contributed by atoms with Crippen LogP contribution in [-0.4, -0.2) is 17.3 Å². The molecule has 3 nitrogen and oxygen atoms in total. The Morgan fingerprint density at radius 2 is 2.06 bits per heavy atom. The Morgan fingerprint density at radius 1 is 1.38 bits per heavy atom. The number of ether oxygens (including phenoxy) is 1. The van der Waals surface area contributed by atoms with Crippen LogP contribution >= 0.6 is 0 Å². The van der Waals surface area contributed by atoms with E-state index in [-0.39, 0.29) is 0 Å². The number of esters is 1. The van der Waals surface area contributed by atoms with Crippen LogP contribution in [0.1, 0.15) is 11.1 Å². The van der Waals surface area contributed by atoms with Crippen LogP contribution in [-0.2, 0) is 20.3 Å². The third kappa shape index (κ3) is 3.31. The maximum atomic E-state index is 11.8. The largest absolute Gasteiger partial charge is 0.466 e. The van der Waals surface area contributed by atoms with Crippen molar-refractivity contribution in [2.45, 2.75) is 18.7 Å². The molecule has 0 amide bonds. The molecule has 0 saturated carbocycles. The number of rotatable bonds is 3. The summed E-state index contributed by atoms with van der Waals surface area (Å²) in [5.74, 6) is -0.502. The molecule has 0 fully saturated rings. The molecular formula is C12H14O3S. The first-order valence-electron chi connectivity index (χ1n) is 4.78. The van der Waals surface area contributed by atoms with Crippen molar-refractivity contribution in [1.29, 1.82) is 0 Å². The smallest absolute Gasteiger partial charge is 0.331 e. The Bertz CT molecular complexity index is 450. The van der Waals surface area contributed by atoms with Crippen molar-refractivity contribution in [3.63, 3.8) is 0 Å². The van der Waals surface area contributed by atoms with Crippen LogP contribution in [0, 0.1) is 13.8 Å². The number of aryl methyl sites for hydroxylation is 2. The minimum absolute atomic E-state index is 0.502. The summed E-state index contributed by atoms with van der Waals surface area (Å²) >= 11 is 0. The van der Waals surface area contributed by atoms with Gasteiger partial charge in [-0.25, -0.2) is 9.00 Å². The van der Waals surface area contributed by atoms with Gasteiger partial charge in [-0.15, -0.1) is 0 Å². The van der Waals surface area contributed by atoms with Gasteiger partial charge in [-0.1, -0.05) is 17.7 Å². The Labute approximate surface area is 97.6 Å². The lowest BCUT2D eigenvalue weighted by atomic mass is 10.2. The topological polar surface area (TPSA) is 43.4 Å². The molecule has 0 heterocycles. The number of carbonyl (C=O) groups is 1. The van der Waals surface area contributed by atoms with E-state index in [1.54, 1.807) is 0 Å². The Morgan fingerprint density at radius 3 is 2.62 bits per heavy atom. The first-order valence-corrected chi connectivity index (χ1v) is 6.00. The number of hydrogen-bond acceptors (Lipinski definition) is 3. The normalized spacial score (nSPS) is 12.7. The van der Waals surface area contributed by atoms with Crippen LogP contribution in [0.4, 0.5) is 0 Å². The van der Waals surface area contributed by atoms with Crippen molar-refractivity contribution in [2.75, 3.05) is 7.11 Å². The molecule has 1 aromatic carbocycles. The molecule has 0 saturated heterocycles. The summed E-state index contributed by atoms with van der Waals surface area (Å²) in [6.07, 6.45) is 1.18. The van der Waals surface area contributed by atoms with E-state index >= 15 is 0 Å². The van der Waals surface area contributed by atoms with E-state index in [0.29, 0.717) is 4.90 Å². The Hall–Kier alpha value is -1.42. The fourth-order valence-electron chi connectivity index (χ4n) is 1.28. The first kappa shape index (κ1) is 12.6. The summed E-state index contributed by atoms with van der Waals surface area (Å²) in [4.78, 5) is 11.6. The molecule has 4 heteroatoms. The Kier molecular flexibility index (Phi) is 4.43. The average molecular weight is 238 g/mol. The molecule has 86 valence electrons. The van der Waals surface area contributed by atoms with Crippen molar-refractivity contribution >= 4 is 16.8 Å². The summed E-state index contributed by atoms with van der Waals surface area (Å²) in [6.45, 7) is 3.87. The lowest BCUT2D eigenvalue weighted by molar-refractivity contribution is -0.134. The second kappa shape index (κ2) is 5.61. The zero-order valence-electron chi connectivity index (χ0n) is 9.52. The van der Waals surface area contributed by atoms with Crippen LogP contribution < -0.4 is 0 Å². The predicted octanol–water partition coefficient (Wildman–Crippen LogP) is 2.10. The van der Waals surface area contributed by atoms with E-state index in [1.807, 2.05) is 32.0 Å². The molecule has 0 aromatic heterocycles. The van der Waals surface area contributed by atoms with Crippen molar-refractivity contribution in [1.82, 2.24) is 0 Å². The SMILES string of the molecule is COC(=O)/C=C/S(=O)c1ccc(C)cc1C. The lowest BCUT2D eigenvalue weighted by Gasteiger charge is -2.03. The number of benzene rings is 1. The van der Waals surface area contributed by atoms with Crippen LogP contribution in [0.5, 0.6) is 0 Å². The molecule has 0 N–H and O–H groups in total. The summed E-state index contributed by atoms with van der Waals surface area (Å²) in [5, 5.41) is 1.34. The number of hydrogen-bond donors (Lipinski definition) is 0. The van der Waals surface area contributed by atoms with E-state index in [9.17, 15) is 9.00 Å². The van der Waals surface area contributed by atoms with Crippen LogP contribution in [0.15, 0.2) is 34.6 Å². The van der Waals surface area contributed by atoms with Gasteiger partial charge >= 0.3 is 5.97 Å². The minimum atomic E-state index is -1.31. The van der Waals surface area contributed by atoms with E-state index in [1.165, 1.54) is 18.6 Å². The second-order valence-electron chi connectivity index (χ2n) is 3.39. The predicted molar refractivity (Wildman–Crippen MR) is 63.5 cm³/mol. The molecule has 0 aliphatic heterocycles. The van der Waals surface area contributed by atoms with Gasteiger partial charge in [0.15, 0.2) is 0 Å². The van der Waals surface area contributed by atoms with Gasteiger partial charge in [-0.2, -0.15) is 0 Å². The highest BCUT2D eigenvalue weighted by Gasteiger charge is 2.04. The third-order valence-corrected chi connectivity index (χ3v) is 3.35. The molecule has 0 spiro atoms. The highest BCUT2D eigenvalue weighted by molar-refractivity contribution is 7.88. The monoisotopic (exact) mass is 238 g/mol. The summed E-state index contributed by atoms with van der Waals surface area (Å²) in [6, 6.07) is 5.66. The van der Waals surface area contributed by atoms with Crippen molar-refractivity contribution in [3.8, 4) is 0 Å². The summed E-state index contributed by atoms with van der Waals surface area (Å²) in [7, 11) is -0.0224. The average Bonchev–Trinajstić information content (AvgIpc) is 2.25. The zero-order chi connectivity index (χ0) is 12.1. The van der Waals surface area contributed by atoms with Gasteiger partial charge in [-0.05, 0) is 25.5 Å². The fraction of sp³-hybridized carbons (Fsp3) is 0.250. The molecule has 0 aliphatic carbocycles. The molecule has 0 radical (unpaired) electrons. The van der Waals surface area contributed by atoms with E-state index in [4.69, 9.17) is 0 Å². The van der Waals surface area contributed by atoms with Gasteiger partial charge in [0.25, 0.3) is 0 Å². The standard InChI is InChI=1S/C12H14O3S/c1-9-4-5-11(10(2)8-9)16(14)7-6-12(13)15-3/h4-8H,1-3H3/b7-6+. The van der Waals surface area contributed by atoms with E-state index in [2.05, 4.69) is 4.74 Å². The summed E-state index contributed by atoms with van der Waals surface area (Å²) in [5.41, 5.74) is 2.07. The first-order chi connectivity index (χ1) is 7.54. The van der Waals surface area contributed by atoms with E-state index < -0.39 is 16.8 Å². The van der Waals surface area contributed by atoms with Crippen LogP contribution in [0.3, 0.4) is 0 Å². The molecular weight excluding hydrogens is 224 g/mol. The highest BCUT2D eigenvalue weighted by Crippen LogP contribution is 2.15. The molecule has 0 bridgehead atoms. The van der Waals surface area contributed by atoms with Gasteiger partial charge in [0.05, 0.1) is 17.9 Å². The summed E-state index contributed by atoms with van der Waals surface area (Å²) < 4.78 is 16.2. The second-order valence-corrected chi connectivity index (χ2v) is 4.70. The molecule has 16 heavy (non-hydrogen) atoms. The van der Waals surface area contributed by atoms with Gasteiger partial charge in [0, 0.05) is 16.4 Å². The maximum absolute atomic E-state index is 11.8. The minimum Gasteiger partial charge on any atom is -0.466 e. The maximum Gasteiger partial charge on any atom is 0.331 e. The molecule has 1 rings (SSSR count). The molecule has 1 atom stereocenters. The fourth-order valence-corrected chi connectivity index (χ4v) is 2.24. The lowest BCUT2D eigenvalue weighted by Crippen LogP contribution is -1.96. The van der Waals surface area contributed by atoms with Crippen molar-refractivity contribution in [3.05, 3.63) is 40.8 Å². The Balaban J connectivity index is 2.89. The van der Waals surface area contributed by atoms with Crippen molar-refractivity contribution < 1.29 is 13.7 Å². The quantitative estimate of drug-likeness (QED) is 0.598. The van der Waals surface area contributed by atoms with Crippen molar-refractivity contribution in [2.24, 2.45) is 0 Å². The molecule has 1 aromatic rings. The van der Waals surface area contributed by atoms with Gasteiger partial charge in [0.2, 0.25) is 0 Å². The number of carbonyl (C=O) groups excluding carboxylic acids is 1. The number of methoxy groups -OCH3 is 1. The van der Waals surface area contributed by atoms with E-state index in [0.717, 1.165) is 11.1 Å². The van der Waals surface area contributed by atoms with Crippen LogP contribution in [0.2, 0.25) is 0 Å².